The molecule has 0 atom stereocenters. The van der Waals surface area contributed by atoms with Gasteiger partial charge in [0.1, 0.15) is 10.5 Å². The number of carbonyl (C=O) groups excluding carboxylic acids is 1. The molecule has 0 spiro atoms. The molecule has 34 heavy (non-hydrogen) atoms. The number of nitrogens with zero attached hydrogens (tertiary/aromatic N) is 2. The summed E-state index contributed by atoms with van der Waals surface area (Å²) in [6.07, 6.45) is 1.26. The largest absolute Gasteiger partial charge is 0.493 e. The van der Waals surface area contributed by atoms with E-state index in [0.29, 0.717) is 5.56 Å². The van der Waals surface area contributed by atoms with Crippen molar-refractivity contribution in [1.29, 1.82) is 0 Å². The highest BCUT2D eigenvalue weighted by Gasteiger charge is 2.22. The molecule has 0 saturated carbocycles. The van der Waals surface area contributed by atoms with E-state index in [9.17, 15) is 23.3 Å². The summed E-state index contributed by atoms with van der Waals surface area (Å²) >= 11 is 3.27. The van der Waals surface area contributed by atoms with Gasteiger partial charge >= 0.3 is 10.1 Å². The first-order valence-electron chi connectivity index (χ1n) is 9.58. The molecular weight excluding hydrogens is 530 g/mol. The van der Waals surface area contributed by atoms with Crippen molar-refractivity contribution in [2.75, 3.05) is 7.11 Å². The number of para-hydroxylation sites is 1. The molecule has 0 aromatic heterocycles. The van der Waals surface area contributed by atoms with Crippen LogP contribution >= 0.6 is 15.9 Å². The molecule has 3 aromatic carbocycles. The molecule has 0 heterocycles. The predicted octanol–water partition coefficient (Wildman–Crippen LogP) is 4.21. The van der Waals surface area contributed by atoms with Crippen LogP contribution in [0.1, 0.15) is 21.5 Å². The van der Waals surface area contributed by atoms with Gasteiger partial charge in [0.25, 0.3) is 11.6 Å². The molecule has 0 unspecified atom stereocenters. The number of methoxy groups -OCH3 is 1. The lowest BCUT2D eigenvalue weighted by atomic mass is 10.2. The van der Waals surface area contributed by atoms with Crippen LogP contribution in [0, 0.1) is 17.0 Å². The second-order valence-corrected chi connectivity index (χ2v) is 9.26. The number of amides is 1. The molecule has 0 fully saturated rings. The minimum Gasteiger partial charge on any atom is -0.493 e. The normalized spacial score (nSPS) is 11.3. The standard InChI is InChI=1S/C22H18BrN3O7S/c1-14-7-9-16(10-8-14)34(30,31)33-21-18(23)11-15(12-20(21)32-2)13-24-25-22(27)17-5-3-4-6-19(17)26(28)29/h3-13H,1-2H3,(H,25,27)/b24-13-. The Bertz CT molecular complexity index is 1370. The van der Waals surface area contributed by atoms with Gasteiger partial charge < -0.3 is 8.92 Å². The molecule has 3 rings (SSSR count). The molecule has 0 aliphatic rings. The van der Waals surface area contributed by atoms with Gasteiger partial charge in [0.2, 0.25) is 0 Å². The molecule has 1 amide bonds. The molecule has 0 saturated heterocycles. The monoisotopic (exact) mass is 547 g/mol. The molecule has 10 nitrogen and oxygen atoms in total. The van der Waals surface area contributed by atoms with E-state index in [1.807, 2.05) is 6.92 Å². The highest BCUT2D eigenvalue weighted by atomic mass is 79.9. The smallest absolute Gasteiger partial charge is 0.339 e. The summed E-state index contributed by atoms with van der Waals surface area (Å²) in [6.45, 7) is 1.83. The summed E-state index contributed by atoms with van der Waals surface area (Å²) in [4.78, 5) is 22.7. The van der Waals surface area contributed by atoms with E-state index in [1.165, 1.54) is 61.9 Å². The number of rotatable bonds is 8. The van der Waals surface area contributed by atoms with E-state index in [0.717, 1.165) is 5.56 Å². The number of nitrogens with one attached hydrogen (secondary N) is 1. The van der Waals surface area contributed by atoms with E-state index >= 15 is 0 Å². The van der Waals surface area contributed by atoms with Crippen LogP contribution in [-0.4, -0.2) is 32.6 Å². The zero-order valence-electron chi connectivity index (χ0n) is 17.9. The average Bonchev–Trinajstić information content (AvgIpc) is 2.80. The van der Waals surface area contributed by atoms with Crippen LogP contribution in [0.15, 0.2) is 75.1 Å². The molecular formula is C22H18BrN3O7S. The highest BCUT2D eigenvalue weighted by Crippen LogP contribution is 2.38. The Morgan fingerprint density at radius 1 is 1.15 bits per heavy atom. The van der Waals surface area contributed by atoms with Gasteiger partial charge in [-0.15, -0.1) is 0 Å². The van der Waals surface area contributed by atoms with E-state index in [-0.39, 0.29) is 32.1 Å². The van der Waals surface area contributed by atoms with Gasteiger partial charge in [0.15, 0.2) is 11.5 Å². The highest BCUT2D eigenvalue weighted by molar-refractivity contribution is 9.10. The van der Waals surface area contributed by atoms with E-state index < -0.39 is 20.9 Å². The number of carbonyl (C=O) groups is 1. The first-order chi connectivity index (χ1) is 16.1. The van der Waals surface area contributed by atoms with Crippen molar-refractivity contribution in [3.05, 3.63) is 91.9 Å². The summed E-state index contributed by atoms with van der Waals surface area (Å²) in [5.74, 6) is -0.737. The summed E-state index contributed by atoms with van der Waals surface area (Å²) < 4.78 is 36.1. The minimum absolute atomic E-state index is 0.0181. The molecule has 0 aliphatic heterocycles. The number of ether oxygens (including phenoxy) is 1. The lowest BCUT2D eigenvalue weighted by molar-refractivity contribution is -0.385. The molecule has 3 aromatic rings. The maximum absolute atomic E-state index is 12.7. The second kappa shape index (κ2) is 10.4. The van der Waals surface area contributed by atoms with Crippen LogP contribution < -0.4 is 14.3 Å². The SMILES string of the molecule is COc1cc(/C=N\NC(=O)c2ccccc2[N+](=O)[O-])cc(Br)c1OS(=O)(=O)c1ccc(C)cc1. The predicted molar refractivity (Wildman–Crippen MR) is 128 cm³/mol. The van der Waals surface area contributed by atoms with Gasteiger partial charge in [-0.3, -0.25) is 14.9 Å². The molecule has 0 aliphatic carbocycles. The number of benzene rings is 3. The van der Waals surface area contributed by atoms with Crippen LogP contribution in [0.25, 0.3) is 0 Å². The Balaban J connectivity index is 1.81. The third-order valence-corrected chi connectivity index (χ3v) is 6.30. The summed E-state index contributed by atoms with van der Waals surface area (Å²) in [6, 6.07) is 14.6. The van der Waals surface area contributed by atoms with Gasteiger partial charge in [-0.05, 0) is 58.7 Å². The van der Waals surface area contributed by atoms with Crippen molar-refractivity contribution in [3.63, 3.8) is 0 Å². The molecule has 0 bridgehead atoms. The van der Waals surface area contributed by atoms with Gasteiger partial charge in [-0.2, -0.15) is 13.5 Å². The quantitative estimate of drug-likeness (QED) is 0.193. The molecule has 12 heteroatoms. The maximum atomic E-state index is 12.7. The first-order valence-corrected chi connectivity index (χ1v) is 11.8. The Kier molecular flexibility index (Phi) is 7.64. The Morgan fingerprint density at radius 3 is 2.47 bits per heavy atom. The van der Waals surface area contributed by atoms with Crippen LogP contribution in [-0.2, 0) is 10.1 Å². The van der Waals surface area contributed by atoms with Gasteiger partial charge in [-0.25, -0.2) is 5.43 Å². The number of aryl methyl sites for hydroxylation is 1. The Morgan fingerprint density at radius 2 is 1.82 bits per heavy atom. The van der Waals surface area contributed by atoms with E-state index in [2.05, 4.69) is 26.5 Å². The zero-order chi connectivity index (χ0) is 24.9. The minimum atomic E-state index is -4.12. The van der Waals surface area contributed by atoms with Crippen molar-refractivity contribution in [3.8, 4) is 11.5 Å². The molecule has 0 radical (unpaired) electrons. The number of hydrazone groups is 1. The van der Waals surface area contributed by atoms with Gasteiger partial charge in [0, 0.05) is 6.07 Å². The zero-order valence-corrected chi connectivity index (χ0v) is 20.3. The lowest BCUT2D eigenvalue weighted by Gasteiger charge is -2.13. The Labute approximate surface area is 203 Å². The van der Waals surface area contributed by atoms with Crippen molar-refractivity contribution < 1.29 is 27.1 Å². The van der Waals surface area contributed by atoms with Crippen molar-refractivity contribution in [2.45, 2.75) is 11.8 Å². The molecule has 176 valence electrons. The maximum Gasteiger partial charge on any atom is 0.339 e. The van der Waals surface area contributed by atoms with E-state index in [1.54, 1.807) is 12.1 Å². The fourth-order valence-corrected chi connectivity index (χ4v) is 4.41. The average molecular weight is 548 g/mol. The van der Waals surface area contributed by atoms with Crippen LogP contribution in [0.4, 0.5) is 5.69 Å². The number of hydrogen-bond donors (Lipinski definition) is 1. The fraction of sp³-hybridized carbons (Fsp3) is 0.0909. The summed E-state index contributed by atoms with van der Waals surface area (Å²) in [5.41, 5.74) is 3.05. The summed E-state index contributed by atoms with van der Waals surface area (Å²) in [7, 11) is -2.79. The number of nitro groups is 1. The lowest BCUT2D eigenvalue weighted by Crippen LogP contribution is -2.19. The fourth-order valence-electron chi connectivity index (χ4n) is 2.81. The first kappa shape index (κ1) is 24.9. The van der Waals surface area contributed by atoms with Crippen LogP contribution in [0.2, 0.25) is 0 Å². The van der Waals surface area contributed by atoms with Crippen molar-refractivity contribution in [1.82, 2.24) is 5.43 Å². The number of nitro benzene ring substituents is 1. The van der Waals surface area contributed by atoms with Gasteiger partial charge in [0.05, 0.1) is 22.7 Å². The van der Waals surface area contributed by atoms with Crippen molar-refractivity contribution >= 4 is 43.9 Å². The van der Waals surface area contributed by atoms with Crippen molar-refractivity contribution in [2.24, 2.45) is 5.10 Å². The molecule has 1 N–H and O–H groups in total. The number of hydrogen-bond acceptors (Lipinski definition) is 8. The topological polar surface area (TPSA) is 137 Å². The van der Waals surface area contributed by atoms with E-state index in [4.69, 9.17) is 8.92 Å². The van der Waals surface area contributed by atoms with Crippen LogP contribution in [0.5, 0.6) is 11.5 Å². The Hall–Kier alpha value is -3.77. The third-order valence-electron chi connectivity index (χ3n) is 4.48. The number of halogens is 1. The third kappa shape index (κ3) is 5.77. The van der Waals surface area contributed by atoms with Crippen LogP contribution in [0.3, 0.4) is 0 Å². The summed E-state index contributed by atoms with van der Waals surface area (Å²) in [5, 5.41) is 14.9. The van der Waals surface area contributed by atoms with Gasteiger partial charge in [-0.1, -0.05) is 29.8 Å². The second-order valence-electron chi connectivity index (χ2n) is 6.86.